The first-order valence-electron chi connectivity index (χ1n) is 6.86. The zero-order valence-electron chi connectivity index (χ0n) is 11.6. The Kier molecular flexibility index (Phi) is 4.43. The number of aliphatic hydroxyl groups excluding tert-OH is 1. The number of hydrogen-bond acceptors (Lipinski definition) is 2. The number of carbonyl (C=O) groups is 1. The molecule has 4 heteroatoms. The van der Waals surface area contributed by atoms with Crippen LogP contribution in [-0.2, 0) is 0 Å². The molecule has 2 amide bonds. The molecule has 0 heterocycles. The largest absolute Gasteiger partial charge is 0.393 e. The lowest BCUT2D eigenvalue weighted by atomic mass is 10.1. The van der Waals surface area contributed by atoms with E-state index in [0.29, 0.717) is 18.9 Å². The van der Waals surface area contributed by atoms with Crippen molar-refractivity contribution in [3.8, 4) is 0 Å². The fourth-order valence-corrected chi connectivity index (χ4v) is 2.04. The molecule has 2 rings (SSSR count). The van der Waals surface area contributed by atoms with E-state index in [9.17, 15) is 9.90 Å². The monoisotopic (exact) mass is 262 g/mol. The first-order chi connectivity index (χ1) is 9.06. The molecule has 0 unspecified atom stereocenters. The van der Waals surface area contributed by atoms with Crippen molar-refractivity contribution < 1.29 is 9.90 Å². The third-order valence-electron chi connectivity index (χ3n) is 3.66. The van der Waals surface area contributed by atoms with Gasteiger partial charge in [-0.3, -0.25) is 0 Å². The predicted molar refractivity (Wildman–Crippen MR) is 76.3 cm³/mol. The first-order valence-corrected chi connectivity index (χ1v) is 6.86. The molecule has 1 aliphatic carbocycles. The van der Waals surface area contributed by atoms with Crippen LogP contribution in [0.5, 0.6) is 0 Å². The van der Waals surface area contributed by atoms with Gasteiger partial charge in [0.1, 0.15) is 0 Å². The Labute approximate surface area is 114 Å². The summed E-state index contributed by atoms with van der Waals surface area (Å²) >= 11 is 0. The van der Waals surface area contributed by atoms with Gasteiger partial charge in [-0.05, 0) is 62.3 Å². The maximum atomic E-state index is 11.7. The summed E-state index contributed by atoms with van der Waals surface area (Å²) in [5, 5.41) is 15.3. The molecule has 1 saturated carbocycles. The summed E-state index contributed by atoms with van der Waals surface area (Å²) in [6.45, 7) is 4.57. The average molecular weight is 262 g/mol. The number of rotatable bonds is 5. The molecule has 0 bridgehead atoms. The predicted octanol–water partition coefficient (Wildman–Crippen LogP) is 2.59. The van der Waals surface area contributed by atoms with E-state index in [4.69, 9.17) is 0 Å². The molecular weight excluding hydrogens is 240 g/mol. The van der Waals surface area contributed by atoms with E-state index >= 15 is 0 Å². The second-order valence-electron chi connectivity index (χ2n) is 5.37. The molecule has 1 fully saturated rings. The molecule has 104 valence electrons. The topological polar surface area (TPSA) is 61.4 Å². The molecule has 3 N–H and O–H groups in total. The molecule has 1 aromatic carbocycles. The van der Waals surface area contributed by atoms with Crippen LogP contribution in [0.1, 0.15) is 30.4 Å². The van der Waals surface area contributed by atoms with Gasteiger partial charge in [0.05, 0.1) is 6.10 Å². The minimum Gasteiger partial charge on any atom is -0.393 e. The highest BCUT2D eigenvalue weighted by Crippen LogP contribution is 2.33. The summed E-state index contributed by atoms with van der Waals surface area (Å²) in [4.78, 5) is 11.7. The van der Waals surface area contributed by atoms with E-state index < -0.39 is 0 Å². The molecule has 4 nitrogen and oxygen atoms in total. The van der Waals surface area contributed by atoms with E-state index in [-0.39, 0.29) is 12.1 Å². The maximum Gasteiger partial charge on any atom is 0.319 e. The normalized spacial score (nSPS) is 15.9. The molecule has 0 spiro atoms. The summed E-state index contributed by atoms with van der Waals surface area (Å²) in [6, 6.07) is 5.61. The number of nitrogens with one attached hydrogen (secondary N) is 2. The molecule has 1 aliphatic rings. The van der Waals surface area contributed by atoms with Crippen molar-refractivity contribution in [1.29, 1.82) is 0 Å². The van der Waals surface area contributed by atoms with Gasteiger partial charge in [0, 0.05) is 12.2 Å². The van der Waals surface area contributed by atoms with Gasteiger partial charge in [0.2, 0.25) is 0 Å². The summed E-state index contributed by atoms with van der Waals surface area (Å²) in [5.41, 5.74) is 3.16. The summed E-state index contributed by atoms with van der Waals surface area (Å²) in [6.07, 6.45) is 2.61. The fraction of sp³-hybridized carbons (Fsp3) is 0.533. The third-order valence-corrected chi connectivity index (χ3v) is 3.66. The number of anilines is 1. The highest BCUT2D eigenvalue weighted by molar-refractivity contribution is 5.89. The highest BCUT2D eigenvalue weighted by atomic mass is 16.3. The SMILES string of the molecule is Cc1ccc(NC(=O)NCC[C@H](O)C2CC2)cc1C. The Morgan fingerprint density at radius 1 is 1.37 bits per heavy atom. The quantitative estimate of drug-likeness (QED) is 0.763. The summed E-state index contributed by atoms with van der Waals surface area (Å²) < 4.78 is 0. The standard InChI is InChI=1S/C15H22N2O2/c1-10-3-6-13(9-11(10)2)17-15(19)16-8-7-14(18)12-4-5-12/h3,6,9,12,14,18H,4-5,7-8H2,1-2H3,(H2,16,17,19)/t14-/m0/s1. The van der Waals surface area contributed by atoms with Gasteiger partial charge in [-0.1, -0.05) is 6.07 Å². The third kappa shape index (κ3) is 4.24. The molecule has 0 aromatic heterocycles. The van der Waals surface area contributed by atoms with Crippen molar-refractivity contribution in [3.05, 3.63) is 29.3 Å². The van der Waals surface area contributed by atoms with E-state index in [0.717, 1.165) is 24.1 Å². The first kappa shape index (κ1) is 13.9. The van der Waals surface area contributed by atoms with Gasteiger partial charge >= 0.3 is 6.03 Å². The zero-order valence-corrected chi connectivity index (χ0v) is 11.6. The maximum absolute atomic E-state index is 11.7. The van der Waals surface area contributed by atoms with Crippen molar-refractivity contribution in [2.75, 3.05) is 11.9 Å². The van der Waals surface area contributed by atoms with Crippen LogP contribution in [0.3, 0.4) is 0 Å². The van der Waals surface area contributed by atoms with Crippen LogP contribution in [-0.4, -0.2) is 23.8 Å². The second-order valence-corrected chi connectivity index (χ2v) is 5.37. The second kappa shape index (κ2) is 6.06. The lowest BCUT2D eigenvalue weighted by Gasteiger charge is -2.11. The average Bonchev–Trinajstić information content (AvgIpc) is 3.18. The summed E-state index contributed by atoms with van der Waals surface area (Å²) in [5.74, 6) is 0.463. The van der Waals surface area contributed by atoms with Crippen LogP contribution >= 0.6 is 0 Å². The van der Waals surface area contributed by atoms with E-state index in [1.807, 2.05) is 32.0 Å². The number of aryl methyl sites for hydroxylation is 2. The van der Waals surface area contributed by atoms with Crippen LogP contribution in [0.15, 0.2) is 18.2 Å². The number of carbonyl (C=O) groups excluding carboxylic acids is 1. The smallest absolute Gasteiger partial charge is 0.319 e. The van der Waals surface area contributed by atoms with Crippen LogP contribution in [0.2, 0.25) is 0 Å². The molecule has 0 aliphatic heterocycles. The zero-order chi connectivity index (χ0) is 13.8. The Hall–Kier alpha value is -1.55. The molecule has 1 atom stereocenters. The molecule has 0 radical (unpaired) electrons. The van der Waals surface area contributed by atoms with Crippen molar-refractivity contribution in [1.82, 2.24) is 5.32 Å². The summed E-state index contributed by atoms with van der Waals surface area (Å²) in [7, 11) is 0. The van der Waals surface area contributed by atoms with Gasteiger partial charge in [-0.15, -0.1) is 0 Å². The lowest BCUT2D eigenvalue weighted by molar-refractivity contribution is 0.142. The van der Waals surface area contributed by atoms with Gasteiger partial charge in [0.25, 0.3) is 0 Å². The fourth-order valence-electron chi connectivity index (χ4n) is 2.04. The number of amides is 2. The van der Waals surface area contributed by atoms with Crippen molar-refractivity contribution in [2.24, 2.45) is 5.92 Å². The van der Waals surface area contributed by atoms with Crippen LogP contribution in [0, 0.1) is 19.8 Å². The molecule has 1 aromatic rings. The number of urea groups is 1. The highest BCUT2D eigenvalue weighted by Gasteiger charge is 2.29. The number of hydrogen-bond donors (Lipinski definition) is 3. The Balaban J connectivity index is 1.72. The van der Waals surface area contributed by atoms with Crippen LogP contribution in [0.4, 0.5) is 10.5 Å². The van der Waals surface area contributed by atoms with Crippen LogP contribution < -0.4 is 10.6 Å². The van der Waals surface area contributed by atoms with Gasteiger partial charge < -0.3 is 15.7 Å². The molecular formula is C15H22N2O2. The molecule has 19 heavy (non-hydrogen) atoms. The lowest BCUT2D eigenvalue weighted by Crippen LogP contribution is -2.31. The van der Waals surface area contributed by atoms with Gasteiger partial charge in [0.15, 0.2) is 0 Å². The molecule has 0 saturated heterocycles. The minimum absolute atomic E-state index is 0.216. The number of benzene rings is 1. The Morgan fingerprint density at radius 3 is 2.74 bits per heavy atom. The van der Waals surface area contributed by atoms with Crippen molar-refractivity contribution in [3.63, 3.8) is 0 Å². The van der Waals surface area contributed by atoms with Gasteiger partial charge in [-0.25, -0.2) is 4.79 Å². The van der Waals surface area contributed by atoms with Gasteiger partial charge in [-0.2, -0.15) is 0 Å². The van der Waals surface area contributed by atoms with E-state index in [1.54, 1.807) is 0 Å². The van der Waals surface area contributed by atoms with E-state index in [2.05, 4.69) is 10.6 Å². The Morgan fingerprint density at radius 2 is 2.11 bits per heavy atom. The minimum atomic E-state index is -0.262. The van der Waals surface area contributed by atoms with Crippen molar-refractivity contribution in [2.45, 2.75) is 39.2 Å². The number of aliphatic hydroxyl groups is 1. The van der Waals surface area contributed by atoms with Crippen molar-refractivity contribution >= 4 is 11.7 Å². The van der Waals surface area contributed by atoms with Crippen LogP contribution in [0.25, 0.3) is 0 Å². The van der Waals surface area contributed by atoms with E-state index in [1.165, 1.54) is 5.56 Å². The Bertz CT molecular complexity index is 455.